The highest BCUT2D eigenvalue weighted by Gasteiger charge is 2.37. The molecule has 0 bridgehead atoms. The van der Waals surface area contributed by atoms with Gasteiger partial charge in [0.05, 0.1) is 17.8 Å². The van der Waals surface area contributed by atoms with Crippen molar-refractivity contribution in [3.05, 3.63) is 71.1 Å². The number of likely N-dealkylation sites (N-methyl/N-ethyl adjacent to an activating group) is 1. The Kier molecular flexibility index (Phi) is 11.9. The maximum Gasteiger partial charge on any atom is 0.389 e. The van der Waals surface area contributed by atoms with Gasteiger partial charge in [-0.1, -0.05) is 56.2 Å². The molecule has 4 N–H and O–H groups in total. The molecular formula is C30H44F3N5O3. The molecule has 1 saturated heterocycles. The molecule has 2 aliphatic rings. The van der Waals surface area contributed by atoms with Crippen molar-refractivity contribution in [2.75, 3.05) is 20.6 Å². The zero-order valence-corrected chi connectivity index (χ0v) is 24.9. The molecule has 2 aliphatic heterocycles. The first-order valence-corrected chi connectivity index (χ1v) is 13.8. The van der Waals surface area contributed by atoms with Crippen molar-refractivity contribution in [3.63, 3.8) is 0 Å². The Hall–Kier alpha value is -3.47. The molecule has 8 nitrogen and oxygen atoms in total. The van der Waals surface area contributed by atoms with E-state index in [-0.39, 0.29) is 30.2 Å². The summed E-state index contributed by atoms with van der Waals surface area (Å²) in [7, 11) is 3.34. The number of allylic oxidation sites excluding steroid dienone is 4. The highest BCUT2D eigenvalue weighted by Crippen LogP contribution is 2.31. The Morgan fingerprint density at radius 3 is 2.54 bits per heavy atom. The van der Waals surface area contributed by atoms with Crippen LogP contribution in [0.2, 0.25) is 0 Å². The van der Waals surface area contributed by atoms with Crippen molar-refractivity contribution in [2.24, 2.45) is 0 Å². The predicted octanol–water partition coefficient (Wildman–Crippen LogP) is 5.59. The molecule has 0 aliphatic carbocycles. The Morgan fingerprint density at radius 1 is 1.32 bits per heavy atom. The van der Waals surface area contributed by atoms with E-state index in [1.807, 2.05) is 19.9 Å². The molecule has 0 radical (unpaired) electrons. The molecule has 0 aromatic heterocycles. The van der Waals surface area contributed by atoms with Crippen LogP contribution in [0.1, 0.15) is 66.2 Å². The Labute approximate surface area is 241 Å². The molecule has 41 heavy (non-hydrogen) atoms. The van der Waals surface area contributed by atoms with Crippen molar-refractivity contribution in [3.8, 4) is 0 Å². The van der Waals surface area contributed by atoms with Gasteiger partial charge in [0.2, 0.25) is 0 Å². The topological polar surface area (TPSA) is 101 Å². The average molecular weight is 580 g/mol. The van der Waals surface area contributed by atoms with Crippen LogP contribution in [0.4, 0.5) is 13.2 Å². The fourth-order valence-electron chi connectivity index (χ4n) is 4.71. The van der Waals surface area contributed by atoms with Crippen LogP contribution in [0.3, 0.4) is 0 Å². The number of hydrogen-bond acceptors (Lipinski definition) is 6. The van der Waals surface area contributed by atoms with E-state index in [0.717, 1.165) is 18.4 Å². The number of hydrogen-bond donors (Lipinski definition) is 4. The summed E-state index contributed by atoms with van der Waals surface area (Å²) in [5.41, 5.74) is 2.37. The van der Waals surface area contributed by atoms with Crippen LogP contribution in [0.5, 0.6) is 0 Å². The normalized spacial score (nSPS) is 22.6. The average Bonchev–Trinajstić information content (AvgIpc) is 3.39. The van der Waals surface area contributed by atoms with Gasteiger partial charge in [-0.15, -0.1) is 0 Å². The maximum absolute atomic E-state index is 13.3. The van der Waals surface area contributed by atoms with Gasteiger partial charge < -0.3 is 30.3 Å². The number of rotatable bonds is 12. The standard InChI is InChI=1S/C30H44F3N5O3/c1-8-10-20(3)15-23(12-11-22(9-2)13-14-30(31,32)33)28-37(7)25(18-41-28)27(39)36-24(17-35-6)26(34)38-19-29(5,40)16-21(38)4/h11-12,15,17-18,28,34-35,40H,4,8-10,13-14,16,19H2,1-3,5-7H3,(H,36,39)/b20-15+,22-11-,23-12+,24-17+,34-26?. The number of amidine groups is 1. The quantitative estimate of drug-likeness (QED) is 0.137. The predicted molar refractivity (Wildman–Crippen MR) is 155 cm³/mol. The molecular weight excluding hydrogens is 535 g/mol. The fourth-order valence-corrected chi connectivity index (χ4v) is 4.71. The smallest absolute Gasteiger partial charge is 0.389 e. The van der Waals surface area contributed by atoms with Gasteiger partial charge in [-0.25, -0.2) is 0 Å². The molecule has 2 heterocycles. The molecule has 11 heteroatoms. The van der Waals surface area contributed by atoms with Gasteiger partial charge >= 0.3 is 6.18 Å². The van der Waals surface area contributed by atoms with E-state index in [9.17, 15) is 23.1 Å². The van der Waals surface area contributed by atoms with Gasteiger partial charge in [0.1, 0.15) is 12.0 Å². The molecule has 2 atom stereocenters. The van der Waals surface area contributed by atoms with Crippen molar-refractivity contribution >= 4 is 11.7 Å². The monoisotopic (exact) mass is 579 g/mol. The van der Waals surface area contributed by atoms with Crippen LogP contribution in [0.15, 0.2) is 71.1 Å². The number of nitrogens with one attached hydrogen (secondary N) is 3. The van der Waals surface area contributed by atoms with Crippen molar-refractivity contribution in [1.82, 2.24) is 20.4 Å². The largest absolute Gasteiger partial charge is 0.472 e. The Morgan fingerprint density at radius 2 is 2.00 bits per heavy atom. The number of ether oxygens (including phenoxy) is 1. The zero-order chi connectivity index (χ0) is 31.0. The molecule has 2 rings (SSSR count). The molecule has 0 aromatic carbocycles. The summed E-state index contributed by atoms with van der Waals surface area (Å²) in [4.78, 5) is 16.5. The van der Waals surface area contributed by atoms with Crippen LogP contribution in [-0.4, -0.2) is 65.3 Å². The Bertz CT molecular complexity index is 1150. The summed E-state index contributed by atoms with van der Waals surface area (Å²) >= 11 is 0. The molecule has 0 spiro atoms. The summed E-state index contributed by atoms with van der Waals surface area (Å²) in [6.45, 7) is 11.6. The van der Waals surface area contributed by atoms with Crippen LogP contribution in [0, 0.1) is 5.41 Å². The SMILES string of the molecule is C=C1CC(C)(O)CN1C(=N)/C(=C\NC)NC(=O)C1=COC(C(/C=C(\C)CCC)=C/C=C(/CC)CCC(F)(F)F)N1C. The lowest BCUT2D eigenvalue weighted by molar-refractivity contribution is -0.134. The number of likely N-dealkylation sites (tertiary alicyclic amines) is 1. The lowest BCUT2D eigenvalue weighted by atomic mass is 10.0. The Balaban J connectivity index is 2.27. The van der Waals surface area contributed by atoms with E-state index in [2.05, 4.69) is 24.1 Å². The van der Waals surface area contributed by atoms with Gasteiger partial charge in [-0.05, 0) is 33.1 Å². The van der Waals surface area contributed by atoms with Crippen LogP contribution >= 0.6 is 0 Å². The number of aliphatic hydroxyl groups is 1. The minimum absolute atomic E-state index is 0.0241. The molecule has 228 valence electrons. The number of β-amino-alcohol motifs (C(OH)–C–C–N with tert-alkyl or cyclic N) is 1. The minimum atomic E-state index is -4.23. The van der Waals surface area contributed by atoms with Crippen LogP contribution in [-0.2, 0) is 9.53 Å². The summed E-state index contributed by atoms with van der Waals surface area (Å²) in [6, 6.07) is 0. The highest BCUT2D eigenvalue weighted by atomic mass is 19.4. The third kappa shape index (κ3) is 9.84. The molecule has 0 aromatic rings. The second-order valence-electron chi connectivity index (χ2n) is 10.8. The van der Waals surface area contributed by atoms with Gasteiger partial charge in [0.25, 0.3) is 5.91 Å². The minimum Gasteiger partial charge on any atom is -0.472 e. The second kappa shape index (κ2) is 14.4. The first-order valence-electron chi connectivity index (χ1n) is 13.8. The highest BCUT2D eigenvalue weighted by molar-refractivity contribution is 6.04. The number of halogens is 3. The third-order valence-electron chi connectivity index (χ3n) is 6.84. The second-order valence-corrected chi connectivity index (χ2v) is 10.8. The maximum atomic E-state index is 13.3. The van der Waals surface area contributed by atoms with Crippen molar-refractivity contribution < 1.29 is 27.8 Å². The fraction of sp³-hybridized carbons (Fsp3) is 0.533. The summed E-state index contributed by atoms with van der Waals surface area (Å²) in [5.74, 6) is -0.537. The number of carbonyl (C=O) groups excluding carboxylic acids is 1. The lowest BCUT2D eigenvalue weighted by Crippen LogP contribution is -2.41. The zero-order valence-electron chi connectivity index (χ0n) is 24.9. The molecule has 1 amide bonds. The summed E-state index contributed by atoms with van der Waals surface area (Å²) in [5, 5.41) is 24.6. The van der Waals surface area contributed by atoms with Gasteiger partial charge in [-0.2, -0.15) is 13.2 Å². The van der Waals surface area contributed by atoms with E-state index in [4.69, 9.17) is 10.1 Å². The lowest BCUT2D eigenvalue weighted by Gasteiger charge is -2.26. The molecule has 1 fully saturated rings. The van der Waals surface area contributed by atoms with Crippen LogP contribution < -0.4 is 10.6 Å². The third-order valence-corrected chi connectivity index (χ3v) is 6.84. The number of amides is 1. The van der Waals surface area contributed by atoms with Gasteiger partial charge in [-0.3, -0.25) is 10.2 Å². The first kappa shape index (κ1) is 33.7. The number of alkyl halides is 3. The number of nitrogens with zero attached hydrogens (tertiary/aromatic N) is 2. The summed E-state index contributed by atoms with van der Waals surface area (Å²) in [6.07, 6.45) is 4.92. The van der Waals surface area contributed by atoms with Crippen molar-refractivity contribution in [2.45, 2.75) is 84.2 Å². The molecule has 2 unspecified atom stereocenters. The van der Waals surface area contributed by atoms with Crippen molar-refractivity contribution in [1.29, 1.82) is 5.41 Å². The van der Waals surface area contributed by atoms with E-state index in [1.54, 1.807) is 43.0 Å². The molecule has 0 saturated carbocycles. The van der Waals surface area contributed by atoms with Crippen LogP contribution in [0.25, 0.3) is 0 Å². The van der Waals surface area contributed by atoms with E-state index < -0.39 is 30.3 Å². The summed E-state index contributed by atoms with van der Waals surface area (Å²) < 4.78 is 44.3. The van der Waals surface area contributed by atoms with E-state index in [1.165, 1.54) is 12.5 Å². The van der Waals surface area contributed by atoms with E-state index >= 15 is 0 Å². The van der Waals surface area contributed by atoms with E-state index in [0.29, 0.717) is 29.7 Å². The number of carbonyl (C=O) groups is 1. The van der Waals surface area contributed by atoms with Gasteiger partial charge in [0, 0.05) is 44.4 Å². The first-order chi connectivity index (χ1) is 19.1. The van der Waals surface area contributed by atoms with Gasteiger partial charge in [0.15, 0.2) is 12.1 Å².